The highest BCUT2D eigenvalue weighted by Crippen LogP contribution is 2.48. The van der Waals surface area contributed by atoms with E-state index in [2.05, 4.69) is 6.92 Å². The topological polar surface area (TPSA) is 9.23 Å². The molecule has 0 aliphatic heterocycles. The first kappa shape index (κ1) is 22.4. The fourth-order valence-corrected chi connectivity index (χ4v) is 6.46. The van der Waals surface area contributed by atoms with E-state index in [1.165, 1.54) is 38.5 Å². The van der Waals surface area contributed by atoms with Crippen molar-refractivity contribution in [2.75, 3.05) is 6.61 Å². The van der Waals surface area contributed by atoms with Crippen LogP contribution in [0.3, 0.4) is 0 Å². The molecule has 0 radical (unpaired) electrons. The molecule has 164 valence electrons. The lowest BCUT2D eigenvalue weighted by molar-refractivity contribution is -0.0920. The third-order valence-corrected chi connectivity index (χ3v) is 8.05. The normalized spacial score (nSPS) is 45.1. The van der Waals surface area contributed by atoms with Crippen LogP contribution in [0, 0.1) is 29.6 Å². The highest BCUT2D eigenvalue weighted by atomic mass is 19.2. The lowest BCUT2D eigenvalue weighted by Crippen LogP contribution is -2.47. The number of hydrogen-bond acceptors (Lipinski definition) is 1. The highest BCUT2D eigenvalue weighted by Gasteiger charge is 2.47. The minimum absolute atomic E-state index is 0.00283. The molecule has 0 heterocycles. The Labute approximate surface area is 170 Å². The molecule has 0 aromatic carbocycles. The second kappa shape index (κ2) is 10.7. The second-order valence-electron chi connectivity index (χ2n) is 9.86. The van der Waals surface area contributed by atoms with Crippen molar-refractivity contribution in [1.82, 2.24) is 0 Å². The van der Waals surface area contributed by atoms with Crippen molar-refractivity contribution in [3.05, 3.63) is 0 Å². The van der Waals surface area contributed by atoms with Crippen molar-refractivity contribution in [3.63, 3.8) is 0 Å². The van der Waals surface area contributed by atoms with E-state index in [4.69, 9.17) is 4.74 Å². The fraction of sp³-hybridized carbons (Fsp3) is 1.00. The van der Waals surface area contributed by atoms with Crippen molar-refractivity contribution in [1.29, 1.82) is 0 Å². The SMILES string of the molecule is CCCOC1CCC(C2CCC(C3CCC(CCC)CC3)C(F)C2)C(F)C1F. The third kappa shape index (κ3) is 5.26. The van der Waals surface area contributed by atoms with Gasteiger partial charge in [-0.05, 0) is 81.0 Å². The van der Waals surface area contributed by atoms with Crippen LogP contribution in [0.4, 0.5) is 13.2 Å². The van der Waals surface area contributed by atoms with Crippen LogP contribution in [0.5, 0.6) is 0 Å². The molecule has 0 saturated heterocycles. The van der Waals surface area contributed by atoms with E-state index in [9.17, 15) is 8.78 Å². The molecule has 0 bridgehead atoms. The van der Waals surface area contributed by atoms with Gasteiger partial charge in [0.05, 0.1) is 6.10 Å². The monoisotopic (exact) mass is 402 g/mol. The van der Waals surface area contributed by atoms with Gasteiger partial charge in [0.25, 0.3) is 0 Å². The van der Waals surface area contributed by atoms with Crippen molar-refractivity contribution in [2.45, 2.75) is 116 Å². The van der Waals surface area contributed by atoms with Gasteiger partial charge >= 0.3 is 0 Å². The van der Waals surface area contributed by atoms with E-state index in [-0.39, 0.29) is 17.8 Å². The molecule has 3 rings (SSSR count). The van der Waals surface area contributed by atoms with Crippen LogP contribution in [0.25, 0.3) is 0 Å². The number of ether oxygens (including phenoxy) is 1. The van der Waals surface area contributed by atoms with E-state index in [0.717, 1.165) is 25.2 Å². The maximum atomic E-state index is 15.1. The Kier molecular flexibility index (Phi) is 8.56. The van der Waals surface area contributed by atoms with Gasteiger partial charge in [-0.1, -0.05) is 39.5 Å². The summed E-state index contributed by atoms with van der Waals surface area (Å²) in [6.45, 7) is 4.71. The molecule has 3 aliphatic rings. The summed E-state index contributed by atoms with van der Waals surface area (Å²) in [7, 11) is 0. The molecule has 4 heteroatoms. The Balaban J connectivity index is 1.49. The average Bonchev–Trinajstić information content (AvgIpc) is 2.70. The number of hydrogen-bond donors (Lipinski definition) is 0. The summed E-state index contributed by atoms with van der Waals surface area (Å²) in [5.74, 6) is 1.19. The third-order valence-electron chi connectivity index (χ3n) is 8.05. The first-order chi connectivity index (χ1) is 13.5. The zero-order valence-electron chi connectivity index (χ0n) is 17.9. The minimum atomic E-state index is -1.55. The van der Waals surface area contributed by atoms with Gasteiger partial charge in [0, 0.05) is 6.61 Å². The summed E-state index contributed by atoms with van der Waals surface area (Å²) >= 11 is 0. The van der Waals surface area contributed by atoms with Crippen LogP contribution in [0.2, 0.25) is 0 Å². The summed E-state index contributed by atoms with van der Waals surface area (Å²) < 4.78 is 50.0. The summed E-state index contributed by atoms with van der Waals surface area (Å²) in [6, 6.07) is 0. The Bertz CT molecular complexity index is 451. The van der Waals surface area contributed by atoms with Gasteiger partial charge in [0.15, 0.2) is 6.17 Å². The van der Waals surface area contributed by atoms with Crippen LogP contribution in [0.15, 0.2) is 0 Å². The maximum Gasteiger partial charge on any atom is 0.157 e. The minimum Gasteiger partial charge on any atom is -0.375 e. The van der Waals surface area contributed by atoms with Gasteiger partial charge in [-0.15, -0.1) is 0 Å². The lowest BCUT2D eigenvalue weighted by atomic mass is 9.64. The largest absolute Gasteiger partial charge is 0.375 e. The molecule has 3 fully saturated rings. The molecule has 7 unspecified atom stereocenters. The molecule has 7 atom stereocenters. The average molecular weight is 403 g/mol. The van der Waals surface area contributed by atoms with E-state index in [1.807, 2.05) is 6.92 Å². The molecule has 0 amide bonds. The van der Waals surface area contributed by atoms with Crippen LogP contribution < -0.4 is 0 Å². The van der Waals surface area contributed by atoms with E-state index < -0.39 is 24.6 Å². The standard InChI is InChI=1S/C24H41F3O/c1-3-5-16-6-8-17(9-7-16)19-11-10-18(15-21(19)25)20-12-13-22(28-14-4-2)24(27)23(20)26/h16-24H,3-15H2,1-2H3. The molecule has 1 nitrogen and oxygen atoms in total. The van der Waals surface area contributed by atoms with Gasteiger partial charge in [-0.2, -0.15) is 0 Å². The van der Waals surface area contributed by atoms with Crippen molar-refractivity contribution in [3.8, 4) is 0 Å². The summed E-state index contributed by atoms with van der Waals surface area (Å²) in [4.78, 5) is 0. The van der Waals surface area contributed by atoms with Crippen LogP contribution >= 0.6 is 0 Å². The number of alkyl halides is 3. The molecule has 3 aliphatic carbocycles. The predicted molar refractivity (Wildman–Crippen MR) is 109 cm³/mol. The first-order valence-corrected chi connectivity index (χ1v) is 12.1. The van der Waals surface area contributed by atoms with Gasteiger partial charge in [-0.3, -0.25) is 0 Å². The Hall–Kier alpha value is -0.250. The molecule has 0 aromatic heterocycles. The zero-order valence-corrected chi connectivity index (χ0v) is 17.9. The van der Waals surface area contributed by atoms with E-state index in [0.29, 0.717) is 31.8 Å². The Morgan fingerprint density at radius 3 is 2.04 bits per heavy atom. The Morgan fingerprint density at radius 1 is 0.714 bits per heavy atom. The summed E-state index contributed by atoms with van der Waals surface area (Å²) in [6.07, 6.45) is 7.13. The second-order valence-corrected chi connectivity index (χ2v) is 9.86. The van der Waals surface area contributed by atoms with Crippen LogP contribution in [-0.2, 0) is 4.74 Å². The summed E-state index contributed by atoms with van der Waals surface area (Å²) in [5.41, 5.74) is 0. The van der Waals surface area contributed by atoms with E-state index >= 15 is 4.39 Å². The van der Waals surface area contributed by atoms with Crippen LogP contribution in [-0.4, -0.2) is 31.2 Å². The van der Waals surface area contributed by atoms with Gasteiger partial charge < -0.3 is 4.74 Å². The lowest BCUT2D eigenvalue weighted by Gasteiger charge is -2.44. The van der Waals surface area contributed by atoms with Gasteiger partial charge in [-0.25, -0.2) is 13.2 Å². The highest BCUT2D eigenvalue weighted by molar-refractivity contribution is 4.96. The van der Waals surface area contributed by atoms with E-state index in [1.54, 1.807) is 0 Å². The predicted octanol–water partition coefficient (Wildman–Crippen LogP) is 7.23. The zero-order chi connectivity index (χ0) is 20.1. The molecule has 0 N–H and O–H groups in total. The smallest absolute Gasteiger partial charge is 0.157 e. The quantitative estimate of drug-likeness (QED) is 0.436. The number of rotatable bonds is 7. The van der Waals surface area contributed by atoms with Crippen LogP contribution in [0.1, 0.15) is 90.9 Å². The van der Waals surface area contributed by atoms with Crippen molar-refractivity contribution < 1.29 is 17.9 Å². The molecular weight excluding hydrogens is 361 g/mol. The fourth-order valence-electron chi connectivity index (χ4n) is 6.46. The Morgan fingerprint density at radius 2 is 1.39 bits per heavy atom. The number of halogens is 3. The van der Waals surface area contributed by atoms with Crippen molar-refractivity contribution in [2.24, 2.45) is 29.6 Å². The van der Waals surface area contributed by atoms with Gasteiger partial charge in [0.2, 0.25) is 0 Å². The molecule has 3 saturated carbocycles. The molecular formula is C24H41F3O. The molecule has 28 heavy (non-hydrogen) atoms. The summed E-state index contributed by atoms with van der Waals surface area (Å²) in [5, 5.41) is 0. The first-order valence-electron chi connectivity index (χ1n) is 12.1. The molecule has 0 spiro atoms. The maximum absolute atomic E-state index is 15.1. The van der Waals surface area contributed by atoms with Gasteiger partial charge in [0.1, 0.15) is 12.3 Å². The molecule has 0 aromatic rings. The van der Waals surface area contributed by atoms with Crippen molar-refractivity contribution >= 4 is 0 Å².